The van der Waals surface area contributed by atoms with E-state index in [1.165, 1.54) is 0 Å². The van der Waals surface area contributed by atoms with Crippen LogP contribution < -0.4 is 5.32 Å². The zero-order chi connectivity index (χ0) is 14.0. The van der Waals surface area contributed by atoms with E-state index in [1.54, 1.807) is 0 Å². The van der Waals surface area contributed by atoms with Gasteiger partial charge in [0.15, 0.2) is 5.78 Å². The van der Waals surface area contributed by atoms with E-state index < -0.39 is 29.3 Å². The van der Waals surface area contributed by atoms with Crippen LogP contribution >= 0.6 is 11.6 Å². The second kappa shape index (κ2) is 5.47. The Morgan fingerprint density at radius 1 is 1.33 bits per heavy atom. The summed E-state index contributed by atoms with van der Waals surface area (Å²) in [5.41, 5.74) is -1.44. The molecule has 0 aliphatic heterocycles. The second-order valence-electron chi connectivity index (χ2n) is 4.77. The highest BCUT2D eigenvalue weighted by Crippen LogP contribution is 2.33. The highest BCUT2D eigenvalue weighted by molar-refractivity contribution is 6.29. The van der Waals surface area contributed by atoms with Crippen LogP contribution in [0.4, 0.5) is 13.2 Å². The average molecular weight is 286 g/mol. The first-order valence-corrected chi connectivity index (χ1v) is 6.23. The number of nitrogens with one attached hydrogen (secondary N) is 1. The summed E-state index contributed by atoms with van der Waals surface area (Å²) in [7, 11) is 0. The molecular formula is C11H15ClF3NO2. The Hall–Kier alpha value is -0.780. The normalized spacial score (nSPS) is 28.8. The van der Waals surface area contributed by atoms with Gasteiger partial charge >= 0.3 is 12.1 Å². The van der Waals surface area contributed by atoms with Crippen LogP contribution in [0.15, 0.2) is 0 Å². The molecule has 0 aromatic carbocycles. The number of halogens is 4. The average Bonchev–Trinajstić information content (AvgIpc) is 2.30. The molecule has 0 heterocycles. The summed E-state index contributed by atoms with van der Waals surface area (Å²) in [6.45, 7) is 1.96. The maximum Gasteiger partial charge on any atom is 0.471 e. The fourth-order valence-corrected chi connectivity index (χ4v) is 2.40. The summed E-state index contributed by atoms with van der Waals surface area (Å²) in [6.07, 6.45) is -3.37. The quantitative estimate of drug-likeness (QED) is 0.810. The molecule has 1 saturated carbocycles. The van der Waals surface area contributed by atoms with Gasteiger partial charge in [0.05, 0.1) is 5.88 Å². The smallest absolute Gasteiger partial charge is 0.336 e. The van der Waals surface area contributed by atoms with Crippen LogP contribution in [0.25, 0.3) is 0 Å². The van der Waals surface area contributed by atoms with Crippen molar-refractivity contribution in [2.24, 2.45) is 5.92 Å². The van der Waals surface area contributed by atoms with Crippen LogP contribution in [0.3, 0.4) is 0 Å². The number of carbonyl (C=O) groups excluding carboxylic acids is 2. The summed E-state index contributed by atoms with van der Waals surface area (Å²) in [4.78, 5) is 22.8. The minimum absolute atomic E-state index is 0.210. The van der Waals surface area contributed by atoms with Crippen molar-refractivity contribution in [3.8, 4) is 0 Å². The molecule has 1 aliphatic rings. The first-order valence-electron chi connectivity index (χ1n) is 5.70. The highest BCUT2D eigenvalue weighted by atomic mass is 35.5. The maximum atomic E-state index is 12.3. The lowest BCUT2D eigenvalue weighted by Gasteiger charge is -2.38. The fourth-order valence-electron chi connectivity index (χ4n) is 2.14. The Kier molecular flexibility index (Phi) is 4.64. The lowest BCUT2D eigenvalue weighted by molar-refractivity contribution is -0.176. The minimum Gasteiger partial charge on any atom is -0.336 e. The van der Waals surface area contributed by atoms with Crippen molar-refractivity contribution in [3.63, 3.8) is 0 Å². The molecule has 0 spiro atoms. The molecule has 0 bridgehead atoms. The molecule has 1 fully saturated rings. The fraction of sp³-hybridized carbons (Fsp3) is 0.818. The van der Waals surface area contributed by atoms with E-state index >= 15 is 0 Å². The third-order valence-corrected chi connectivity index (χ3v) is 3.64. The summed E-state index contributed by atoms with van der Waals surface area (Å²) in [6, 6.07) is 0. The van der Waals surface area contributed by atoms with Gasteiger partial charge in [0.1, 0.15) is 5.54 Å². The van der Waals surface area contributed by atoms with Gasteiger partial charge in [-0.2, -0.15) is 13.2 Å². The van der Waals surface area contributed by atoms with Gasteiger partial charge < -0.3 is 5.32 Å². The lowest BCUT2D eigenvalue weighted by Crippen LogP contribution is -2.59. The predicted molar refractivity (Wildman–Crippen MR) is 60.3 cm³/mol. The van der Waals surface area contributed by atoms with Crippen molar-refractivity contribution in [3.05, 3.63) is 0 Å². The van der Waals surface area contributed by atoms with Crippen molar-refractivity contribution < 1.29 is 22.8 Å². The Balaban J connectivity index is 2.86. The monoisotopic (exact) mass is 285 g/mol. The minimum atomic E-state index is -4.98. The van der Waals surface area contributed by atoms with Crippen LogP contribution in [-0.4, -0.2) is 29.3 Å². The van der Waals surface area contributed by atoms with Crippen LogP contribution in [0, 0.1) is 5.92 Å². The van der Waals surface area contributed by atoms with Crippen LogP contribution in [0.2, 0.25) is 0 Å². The molecule has 1 aliphatic carbocycles. The topological polar surface area (TPSA) is 46.2 Å². The number of ketones is 1. The number of amides is 1. The van der Waals surface area contributed by atoms with Gasteiger partial charge in [0.25, 0.3) is 0 Å². The summed E-state index contributed by atoms with van der Waals surface area (Å²) < 4.78 is 36.8. The SMILES string of the molecule is CC1CCC(NC(=O)C(F)(F)F)(C(=O)CCl)CC1. The van der Waals surface area contributed by atoms with Gasteiger partial charge in [-0.05, 0) is 31.6 Å². The van der Waals surface area contributed by atoms with E-state index in [0.29, 0.717) is 18.8 Å². The number of hydrogen-bond acceptors (Lipinski definition) is 2. The van der Waals surface area contributed by atoms with Gasteiger partial charge in [-0.25, -0.2) is 0 Å². The van der Waals surface area contributed by atoms with Gasteiger partial charge in [0, 0.05) is 0 Å². The Morgan fingerprint density at radius 2 is 1.83 bits per heavy atom. The van der Waals surface area contributed by atoms with E-state index in [0.717, 1.165) is 0 Å². The first kappa shape index (κ1) is 15.3. The summed E-state index contributed by atoms with van der Waals surface area (Å²) in [5.74, 6) is -2.68. The molecule has 0 saturated heterocycles. The number of rotatable bonds is 3. The molecule has 0 atom stereocenters. The molecule has 1 N–H and O–H groups in total. The zero-order valence-corrected chi connectivity index (χ0v) is 10.7. The lowest BCUT2D eigenvalue weighted by atomic mass is 9.75. The van der Waals surface area contributed by atoms with Crippen molar-refractivity contribution in [2.75, 3.05) is 5.88 Å². The Labute approximate surface area is 108 Å². The number of carbonyl (C=O) groups is 2. The molecule has 3 nitrogen and oxygen atoms in total. The van der Waals surface area contributed by atoms with Crippen molar-refractivity contribution in [2.45, 2.75) is 44.3 Å². The molecule has 7 heteroatoms. The largest absolute Gasteiger partial charge is 0.471 e. The molecule has 1 rings (SSSR count). The van der Waals surface area contributed by atoms with Gasteiger partial charge in [-0.3, -0.25) is 9.59 Å². The standard InChI is InChI=1S/C11H15ClF3NO2/c1-7-2-4-10(5-3-7,8(17)6-12)16-9(18)11(13,14)15/h7H,2-6H2,1H3,(H,16,18). The Bertz CT molecular complexity index is 336. The number of alkyl halides is 4. The zero-order valence-electron chi connectivity index (χ0n) is 9.94. The molecule has 1 amide bonds. The van der Waals surface area contributed by atoms with E-state index in [9.17, 15) is 22.8 Å². The van der Waals surface area contributed by atoms with Gasteiger partial charge in [-0.1, -0.05) is 6.92 Å². The van der Waals surface area contributed by atoms with Crippen LogP contribution in [-0.2, 0) is 9.59 Å². The third-order valence-electron chi connectivity index (χ3n) is 3.39. The van der Waals surface area contributed by atoms with Gasteiger partial charge in [0.2, 0.25) is 0 Å². The summed E-state index contributed by atoms with van der Waals surface area (Å²) in [5, 5.41) is 1.85. The molecule has 0 aromatic heterocycles. The number of Topliss-reactive ketones (excluding diaryl/α,β-unsaturated/α-hetero) is 1. The van der Waals surface area contributed by atoms with E-state index in [2.05, 4.69) is 0 Å². The molecule has 0 aromatic rings. The third kappa shape index (κ3) is 3.37. The molecule has 104 valence electrons. The molecule has 0 radical (unpaired) electrons. The Morgan fingerprint density at radius 3 is 2.22 bits per heavy atom. The van der Waals surface area contributed by atoms with Crippen LogP contribution in [0.5, 0.6) is 0 Å². The first-order chi connectivity index (χ1) is 8.21. The maximum absolute atomic E-state index is 12.3. The predicted octanol–water partition coefficient (Wildman–Crippen LogP) is 2.42. The van der Waals surface area contributed by atoms with E-state index in [1.807, 2.05) is 12.2 Å². The molecular weight excluding hydrogens is 271 g/mol. The van der Waals surface area contributed by atoms with Crippen molar-refractivity contribution in [1.29, 1.82) is 0 Å². The van der Waals surface area contributed by atoms with E-state index in [4.69, 9.17) is 11.6 Å². The molecule has 18 heavy (non-hydrogen) atoms. The second-order valence-corrected chi connectivity index (χ2v) is 5.04. The van der Waals surface area contributed by atoms with Crippen molar-refractivity contribution >= 4 is 23.3 Å². The number of hydrogen-bond donors (Lipinski definition) is 1. The highest BCUT2D eigenvalue weighted by Gasteiger charge is 2.47. The molecule has 0 unspecified atom stereocenters. The van der Waals surface area contributed by atoms with Crippen LogP contribution in [0.1, 0.15) is 32.6 Å². The summed E-state index contributed by atoms with van der Waals surface area (Å²) >= 11 is 5.43. The van der Waals surface area contributed by atoms with E-state index in [-0.39, 0.29) is 12.8 Å². The van der Waals surface area contributed by atoms with Gasteiger partial charge in [-0.15, -0.1) is 11.6 Å². The van der Waals surface area contributed by atoms with Crippen molar-refractivity contribution in [1.82, 2.24) is 5.32 Å².